The van der Waals surface area contributed by atoms with E-state index in [1.807, 2.05) is 6.92 Å². The molecular weight excluding hydrogens is 318 g/mol. The summed E-state index contributed by atoms with van der Waals surface area (Å²) in [6, 6.07) is -0.518. The number of ether oxygens (including phenoxy) is 1. The summed E-state index contributed by atoms with van der Waals surface area (Å²) < 4.78 is 10.4. The van der Waals surface area contributed by atoms with E-state index in [1.54, 1.807) is 27.7 Å². The Hall–Kier alpha value is -1.70. The third kappa shape index (κ3) is 4.40. The zero-order valence-electron chi connectivity index (χ0n) is 14.1. The van der Waals surface area contributed by atoms with Gasteiger partial charge in [0.2, 0.25) is 5.91 Å². The van der Waals surface area contributed by atoms with Gasteiger partial charge in [0, 0.05) is 17.9 Å². The number of thioether (sulfide) groups is 1. The number of aromatic nitrogens is 1. The largest absolute Gasteiger partial charge is 0.444 e. The Morgan fingerprint density at radius 3 is 2.70 bits per heavy atom. The SMILES string of the molecule is Cc1noc(C)c1CNC(=O)C1CSCN1C(=O)OC(C)(C)C. The summed E-state index contributed by atoms with van der Waals surface area (Å²) in [6.07, 6.45) is -0.458. The molecule has 1 aliphatic rings. The minimum Gasteiger partial charge on any atom is -0.444 e. The van der Waals surface area contributed by atoms with Gasteiger partial charge in [-0.1, -0.05) is 5.16 Å². The van der Waals surface area contributed by atoms with E-state index in [0.717, 1.165) is 11.3 Å². The molecule has 0 aliphatic carbocycles. The Morgan fingerprint density at radius 1 is 1.43 bits per heavy atom. The summed E-state index contributed by atoms with van der Waals surface area (Å²) in [5.41, 5.74) is 1.04. The van der Waals surface area contributed by atoms with Crippen molar-refractivity contribution in [2.45, 2.75) is 52.8 Å². The lowest BCUT2D eigenvalue weighted by molar-refractivity contribution is -0.125. The molecule has 0 spiro atoms. The molecule has 1 N–H and O–H groups in total. The second kappa shape index (κ2) is 6.82. The van der Waals surface area contributed by atoms with Crippen LogP contribution < -0.4 is 5.32 Å². The van der Waals surface area contributed by atoms with Gasteiger partial charge in [-0.2, -0.15) is 0 Å². The second-order valence-corrected chi connectivity index (χ2v) is 7.49. The van der Waals surface area contributed by atoms with E-state index in [2.05, 4.69) is 10.5 Å². The summed E-state index contributed by atoms with van der Waals surface area (Å²) in [6.45, 7) is 9.39. The van der Waals surface area contributed by atoms with Crippen molar-refractivity contribution in [2.24, 2.45) is 0 Å². The number of nitrogens with zero attached hydrogens (tertiary/aromatic N) is 2. The third-order valence-corrected chi connectivity index (χ3v) is 4.45. The average molecular weight is 341 g/mol. The number of carbonyl (C=O) groups excluding carboxylic acids is 2. The van der Waals surface area contributed by atoms with Crippen LogP contribution in [0.15, 0.2) is 4.52 Å². The van der Waals surface area contributed by atoms with Gasteiger partial charge in [0.25, 0.3) is 0 Å². The van der Waals surface area contributed by atoms with E-state index in [-0.39, 0.29) is 5.91 Å². The Balaban J connectivity index is 1.97. The highest BCUT2D eigenvalue weighted by Crippen LogP contribution is 2.24. The molecule has 128 valence electrons. The molecule has 2 amide bonds. The van der Waals surface area contributed by atoms with Gasteiger partial charge < -0.3 is 14.6 Å². The molecule has 1 saturated heterocycles. The summed E-state index contributed by atoms with van der Waals surface area (Å²) in [4.78, 5) is 26.1. The normalized spacial score (nSPS) is 18.1. The third-order valence-electron chi connectivity index (χ3n) is 3.43. The molecule has 1 unspecified atom stereocenters. The maximum atomic E-state index is 12.4. The fourth-order valence-electron chi connectivity index (χ4n) is 2.21. The smallest absolute Gasteiger partial charge is 0.411 e. The van der Waals surface area contributed by atoms with E-state index in [4.69, 9.17) is 9.26 Å². The lowest BCUT2D eigenvalue weighted by Gasteiger charge is -2.27. The first-order valence-corrected chi connectivity index (χ1v) is 8.61. The maximum absolute atomic E-state index is 12.4. The number of nitrogens with one attached hydrogen (secondary N) is 1. The topological polar surface area (TPSA) is 84.7 Å². The van der Waals surface area contributed by atoms with Crippen LogP contribution in [0.3, 0.4) is 0 Å². The molecule has 0 bridgehead atoms. The highest BCUT2D eigenvalue weighted by atomic mass is 32.2. The minimum atomic E-state index is -0.581. The molecule has 23 heavy (non-hydrogen) atoms. The molecule has 0 saturated carbocycles. The van der Waals surface area contributed by atoms with Crippen molar-refractivity contribution in [3.63, 3.8) is 0 Å². The summed E-state index contributed by atoms with van der Waals surface area (Å²) in [5, 5.41) is 6.71. The van der Waals surface area contributed by atoms with Crippen molar-refractivity contribution in [1.82, 2.24) is 15.4 Å². The van der Waals surface area contributed by atoms with Gasteiger partial charge >= 0.3 is 6.09 Å². The lowest BCUT2D eigenvalue weighted by atomic mass is 10.2. The van der Waals surface area contributed by atoms with E-state index in [9.17, 15) is 9.59 Å². The van der Waals surface area contributed by atoms with Crippen LogP contribution in [-0.4, -0.2) is 45.3 Å². The van der Waals surface area contributed by atoms with Crippen LogP contribution in [0.4, 0.5) is 4.79 Å². The van der Waals surface area contributed by atoms with Crippen LogP contribution in [0.2, 0.25) is 0 Å². The van der Waals surface area contributed by atoms with Crippen molar-refractivity contribution in [2.75, 3.05) is 11.6 Å². The van der Waals surface area contributed by atoms with E-state index in [1.165, 1.54) is 16.7 Å². The van der Waals surface area contributed by atoms with Gasteiger partial charge in [0.1, 0.15) is 17.4 Å². The molecule has 0 aromatic carbocycles. The molecule has 1 atom stereocenters. The number of rotatable bonds is 3. The first kappa shape index (κ1) is 17.7. The molecule has 0 radical (unpaired) electrons. The fraction of sp³-hybridized carbons (Fsp3) is 0.667. The first-order valence-electron chi connectivity index (χ1n) is 7.46. The Kier molecular flexibility index (Phi) is 5.23. The predicted molar refractivity (Wildman–Crippen MR) is 87.0 cm³/mol. The van der Waals surface area contributed by atoms with Crippen LogP contribution >= 0.6 is 11.8 Å². The summed E-state index contributed by atoms with van der Waals surface area (Å²) in [5.74, 6) is 1.51. The van der Waals surface area contributed by atoms with Crippen molar-refractivity contribution in [3.05, 3.63) is 17.0 Å². The van der Waals surface area contributed by atoms with Crippen molar-refractivity contribution in [1.29, 1.82) is 0 Å². The molecule has 2 heterocycles. The first-order chi connectivity index (χ1) is 10.7. The van der Waals surface area contributed by atoms with Crippen molar-refractivity contribution < 1.29 is 18.8 Å². The summed E-state index contributed by atoms with van der Waals surface area (Å²) in [7, 11) is 0. The van der Waals surface area contributed by atoms with Crippen LogP contribution in [0, 0.1) is 13.8 Å². The number of hydrogen-bond donors (Lipinski definition) is 1. The quantitative estimate of drug-likeness (QED) is 0.907. The van der Waals surface area contributed by atoms with Crippen molar-refractivity contribution in [3.8, 4) is 0 Å². The van der Waals surface area contributed by atoms with E-state index in [0.29, 0.717) is 23.9 Å². The second-order valence-electron chi connectivity index (χ2n) is 6.49. The van der Waals surface area contributed by atoms with Gasteiger partial charge in [0.05, 0.1) is 11.6 Å². The van der Waals surface area contributed by atoms with Crippen molar-refractivity contribution >= 4 is 23.8 Å². The minimum absolute atomic E-state index is 0.194. The maximum Gasteiger partial charge on any atom is 0.411 e. The van der Waals surface area contributed by atoms with Crippen LogP contribution in [0.1, 0.15) is 37.8 Å². The van der Waals surface area contributed by atoms with Gasteiger partial charge in [0.15, 0.2) is 0 Å². The van der Waals surface area contributed by atoms with E-state index >= 15 is 0 Å². The molecular formula is C15H23N3O4S. The molecule has 1 fully saturated rings. The highest BCUT2D eigenvalue weighted by molar-refractivity contribution is 7.99. The predicted octanol–water partition coefficient (Wildman–Crippen LogP) is 2.22. The van der Waals surface area contributed by atoms with Gasteiger partial charge in [-0.15, -0.1) is 11.8 Å². The number of aryl methyl sites for hydroxylation is 2. The van der Waals surface area contributed by atoms with Crippen LogP contribution in [0.25, 0.3) is 0 Å². The molecule has 8 heteroatoms. The molecule has 1 aliphatic heterocycles. The summed E-state index contributed by atoms with van der Waals surface area (Å²) >= 11 is 1.54. The van der Waals surface area contributed by atoms with Crippen LogP contribution in [-0.2, 0) is 16.1 Å². The Labute approximate surface area is 140 Å². The number of hydrogen-bond acceptors (Lipinski definition) is 6. The molecule has 2 rings (SSSR count). The average Bonchev–Trinajstić information content (AvgIpc) is 3.03. The zero-order valence-corrected chi connectivity index (χ0v) is 15.0. The zero-order chi connectivity index (χ0) is 17.2. The van der Waals surface area contributed by atoms with E-state index < -0.39 is 17.7 Å². The Bertz CT molecular complexity index is 575. The number of amides is 2. The molecule has 1 aromatic rings. The van der Waals surface area contributed by atoms with Crippen LogP contribution in [0.5, 0.6) is 0 Å². The fourth-order valence-corrected chi connectivity index (χ4v) is 3.35. The molecule has 1 aromatic heterocycles. The van der Waals surface area contributed by atoms with Gasteiger partial charge in [-0.25, -0.2) is 4.79 Å². The van der Waals surface area contributed by atoms with Gasteiger partial charge in [-0.05, 0) is 34.6 Å². The van der Waals surface area contributed by atoms with Gasteiger partial charge in [-0.3, -0.25) is 9.69 Å². The standard InChI is InChI=1S/C15H23N3O4S/c1-9-11(10(2)22-17-9)6-16-13(19)12-7-23-8-18(12)14(20)21-15(3,4)5/h12H,6-8H2,1-5H3,(H,16,19). The Morgan fingerprint density at radius 2 is 2.13 bits per heavy atom. The monoisotopic (exact) mass is 341 g/mol. The molecule has 7 nitrogen and oxygen atoms in total. The highest BCUT2D eigenvalue weighted by Gasteiger charge is 2.37. The lowest BCUT2D eigenvalue weighted by Crippen LogP contribution is -2.48. The number of carbonyl (C=O) groups is 2.